The average molecular weight is 305 g/mol. The lowest BCUT2D eigenvalue weighted by Crippen LogP contribution is -2.29. The number of rotatable bonds is 4. The zero-order valence-corrected chi connectivity index (χ0v) is 11.9. The summed E-state index contributed by atoms with van der Waals surface area (Å²) in [6, 6.07) is 16.8. The molecule has 2 aromatic rings. The maximum absolute atomic E-state index is 5.70. The maximum Gasteiger partial charge on any atom is 0.0511 e. The molecule has 0 aliphatic rings. The van der Waals surface area contributed by atoms with Crippen LogP contribution >= 0.6 is 15.9 Å². The van der Waals surface area contributed by atoms with E-state index in [-0.39, 0.29) is 6.04 Å². The van der Waals surface area contributed by atoms with Gasteiger partial charge < -0.3 is 0 Å². The second kappa shape index (κ2) is 6.14. The summed E-state index contributed by atoms with van der Waals surface area (Å²) in [6.07, 6.45) is 0.874. The van der Waals surface area contributed by atoms with E-state index in [0.29, 0.717) is 0 Å². The van der Waals surface area contributed by atoms with E-state index in [1.807, 2.05) is 18.2 Å². The van der Waals surface area contributed by atoms with Gasteiger partial charge in [-0.25, -0.2) is 0 Å². The fourth-order valence-electron chi connectivity index (χ4n) is 2.04. The number of hydrazine groups is 1. The Balaban J connectivity index is 2.26. The minimum Gasteiger partial charge on any atom is -0.271 e. The summed E-state index contributed by atoms with van der Waals surface area (Å²) < 4.78 is 1.09. The number of nitrogens with one attached hydrogen (secondary N) is 1. The molecule has 94 valence electrons. The smallest absolute Gasteiger partial charge is 0.0511 e. The molecule has 0 spiro atoms. The fourth-order valence-corrected chi connectivity index (χ4v) is 2.56. The summed E-state index contributed by atoms with van der Waals surface area (Å²) in [4.78, 5) is 0. The molecule has 18 heavy (non-hydrogen) atoms. The normalized spacial score (nSPS) is 12.4. The number of aryl methyl sites for hydroxylation is 1. The molecule has 0 aromatic heterocycles. The monoisotopic (exact) mass is 304 g/mol. The Hall–Kier alpha value is -1.16. The Morgan fingerprint density at radius 1 is 1.17 bits per heavy atom. The molecular formula is C15H17BrN2. The van der Waals surface area contributed by atoms with Crippen molar-refractivity contribution in [2.45, 2.75) is 19.4 Å². The Bertz CT molecular complexity index is 511. The Morgan fingerprint density at radius 2 is 1.89 bits per heavy atom. The van der Waals surface area contributed by atoms with Gasteiger partial charge in [0.25, 0.3) is 0 Å². The van der Waals surface area contributed by atoms with Crippen LogP contribution in [0.25, 0.3) is 0 Å². The molecule has 0 fully saturated rings. The highest BCUT2D eigenvalue weighted by Crippen LogP contribution is 2.26. The topological polar surface area (TPSA) is 38.0 Å². The number of hydrogen-bond acceptors (Lipinski definition) is 2. The molecule has 0 heterocycles. The summed E-state index contributed by atoms with van der Waals surface area (Å²) in [5.41, 5.74) is 6.61. The van der Waals surface area contributed by atoms with Gasteiger partial charge in [-0.15, -0.1) is 0 Å². The third-order valence-electron chi connectivity index (χ3n) is 3.01. The van der Waals surface area contributed by atoms with Crippen LogP contribution < -0.4 is 11.3 Å². The number of halogens is 1. The van der Waals surface area contributed by atoms with Crippen molar-refractivity contribution in [1.29, 1.82) is 0 Å². The SMILES string of the molecule is Cc1ccc(Br)c(C(Cc2ccccc2)NN)c1. The number of benzene rings is 2. The van der Waals surface area contributed by atoms with E-state index in [1.54, 1.807) is 0 Å². The van der Waals surface area contributed by atoms with Crippen molar-refractivity contribution in [3.05, 3.63) is 69.7 Å². The van der Waals surface area contributed by atoms with Crippen molar-refractivity contribution < 1.29 is 0 Å². The minimum absolute atomic E-state index is 0.113. The van der Waals surface area contributed by atoms with Gasteiger partial charge in [-0.1, -0.05) is 64.0 Å². The minimum atomic E-state index is 0.113. The van der Waals surface area contributed by atoms with Crippen LogP contribution in [0.4, 0.5) is 0 Å². The van der Waals surface area contributed by atoms with Crippen LogP contribution in [0.3, 0.4) is 0 Å². The van der Waals surface area contributed by atoms with Crippen LogP contribution in [0.5, 0.6) is 0 Å². The molecule has 0 aliphatic heterocycles. The van der Waals surface area contributed by atoms with Crippen molar-refractivity contribution in [3.8, 4) is 0 Å². The fraction of sp³-hybridized carbons (Fsp3) is 0.200. The van der Waals surface area contributed by atoms with Crippen molar-refractivity contribution in [1.82, 2.24) is 5.43 Å². The number of hydrogen-bond donors (Lipinski definition) is 2. The predicted octanol–water partition coefficient (Wildman–Crippen LogP) is 3.50. The largest absolute Gasteiger partial charge is 0.271 e. The van der Waals surface area contributed by atoms with Crippen LogP contribution in [-0.2, 0) is 6.42 Å². The molecule has 2 rings (SSSR count). The average Bonchev–Trinajstić information content (AvgIpc) is 2.40. The molecule has 2 aromatic carbocycles. The Kier molecular flexibility index (Phi) is 4.53. The zero-order valence-electron chi connectivity index (χ0n) is 10.4. The highest BCUT2D eigenvalue weighted by Gasteiger charge is 2.13. The summed E-state index contributed by atoms with van der Waals surface area (Å²) in [7, 11) is 0. The van der Waals surface area contributed by atoms with Gasteiger partial charge in [0.2, 0.25) is 0 Å². The van der Waals surface area contributed by atoms with Gasteiger partial charge in [-0.2, -0.15) is 0 Å². The highest BCUT2D eigenvalue weighted by molar-refractivity contribution is 9.10. The molecule has 0 radical (unpaired) electrons. The molecule has 0 amide bonds. The third kappa shape index (κ3) is 3.19. The quantitative estimate of drug-likeness (QED) is 0.670. The van der Waals surface area contributed by atoms with Gasteiger partial charge in [-0.05, 0) is 30.5 Å². The Morgan fingerprint density at radius 3 is 2.56 bits per heavy atom. The van der Waals surface area contributed by atoms with Crippen LogP contribution in [0.1, 0.15) is 22.7 Å². The van der Waals surface area contributed by atoms with Gasteiger partial charge in [-0.3, -0.25) is 11.3 Å². The zero-order chi connectivity index (χ0) is 13.0. The number of nitrogens with two attached hydrogens (primary N) is 1. The summed E-state index contributed by atoms with van der Waals surface area (Å²) in [5.74, 6) is 5.70. The van der Waals surface area contributed by atoms with Crippen LogP contribution in [0, 0.1) is 6.92 Å². The van der Waals surface area contributed by atoms with E-state index in [9.17, 15) is 0 Å². The molecule has 3 heteroatoms. The van der Waals surface area contributed by atoms with Gasteiger partial charge in [0, 0.05) is 4.47 Å². The lowest BCUT2D eigenvalue weighted by molar-refractivity contribution is 0.549. The van der Waals surface area contributed by atoms with E-state index in [4.69, 9.17) is 5.84 Å². The van der Waals surface area contributed by atoms with Crippen LogP contribution in [0.2, 0.25) is 0 Å². The van der Waals surface area contributed by atoms with E-state index >= 15 is 0 Å². The molecule has 0 saturated carbocycles. The first kappa shape index (κ1) is 13.3. The summed E-state index contributed by atoms with van der Waals surface area (Å²) in [5, 5.41) is 0. The van der Waals surface area contributed by atoms with E-state index in [0.717, 1.165) is 10.9 Å². The summed E-state index contributed by atoms with van der Waals surface area (Å²) >= 11 is 3.59. The maximum atomic E-state index is 5.70. The predicted molar refractivity (Wildman–Crippen MR) is 79.1 cm³/mol. The van der Waals surface area contributed by atoms with Crippen LogP contribution in [-0.4, -0.2) is 0 Å². The van der Waals surface area contributed by atoms with E-state index in [2.05, 4.69) is 58.6 Å². The van der Waals surface area contributed by atoms with Crippen molar-refractivity contribution >= 4 is 15.9 Å². The van der Waals surface area contributed by atoms with Gasteiger partial charge in [0.05, 0.1) is 6.04 Å². The van der Waals surface area contributed by atoms with Crippen molar-refractivity contribution in [3.63, 3.8) is 0 Å². The highest BCUT2D eigenvalue weighted by atomic mass is 79.9. The van der Waals surface area contributed by atoms with Gasteiger partial charge in [0.1, 0.15) is 0 Å². The van der Waals surface area contributed by atoms with E-state index in [1.165, 1.54) is 16.7 Å². The molecule has 3 N–H and O–H groups in total. The molecule has 1 atom stereocenters. The standard InChI is InChI=1S/C15H17BrN2/c1-11-7-8-14(16)13(9-11)15(18-17)10-12-5-3-2-4-6-12/h2-9,15,18H,10,17H2,1H3. The molecule has 0 aliphatic carbocycles. The lowest BCUT2D eigenvalue weighted by Gasteiger charge is -2.18. The first-order valence-electron chi connectivity index (χ1n) is 5.97. The van der Waals surface area contributed by atoms with Crippen LogP contribution in [0.15, 0.2) is 53.0 Å². The summed E-state index contributed by atoms with van der Waals surface area (Å²) in [6.45, 7) is 2.09. The third-order valence-corrected chi connectivity index (χ3v) is 3.73. The lowest BCUT2D eigenvalue weighted by atomic mass is 9.98. The van der Waals surface area contributed by atoms with E-state index < -0.39 is 0 Å². The Labute approximate surface area is 116 Å². The first-order valence-corrected chi connectivity index (χ1v) is 6.76. The van der Waals surface area contributed by atoms with Gasteiger partial charge in [0.15, 0.2) is 0 Å². The molecule has 1 unspecified atom stereocenters. The second-order valence-electron chi connectivity index (χ2n) is 4.43. The second-order valence-corrected chi connectivity index (χ2v) is 5.29. The molecule has 2 nitrogen and oxygen atoms in total. The van der Waals surface area contributed by atoms with Gasteiger partial charge >= 0.3 is 0 Å². The molecule has 0 bridgehead atoms. The van der Waals surface area contributed by atoms with Crippen molar-refractivity contribution in [2.75, 3.05) is 0 Å². The van der Waals surface area contributed by atoms with Crippen molar-refractivity contribution in [2.24, 2.45) is 5.84 Å². The first-order chi connectivity index (χ1) is 8.70. The molecular weight excluding hydrogens is 288 g/mol. The molecule has 0 saturated heterocycles.